The molecule has 0 saturated carbocycles. The molecule has 0 aromatic heterocycles. The van der Waals surface area contributed by atoms with Gasteiger partial charge in [-0.2, -0.15) is 0 Å². The van der Waals surface area contributed by atoms with E-state index >= 15 is 0 Å². The molecule has 3 aromatic carbocycles. The van der Waals surface area contributed by atoms with Crippen molar-refractivity contribution in [3.8, 4) is 0 Å². The van der Waals surface area contributed by atoms with Crippen LogP contribution in [0.5, 0.6) is 0 Å². The summed E-state index contributed by atoms with van der Waals surface area (Å²) < 4.78 is 10.4. The predicted octanol–water partition coefficient (Wildman–Crippen LogP) is 2.32. The van der Waals surface area contributed by atoms with E-state index in [1.807, 2.05) is 91.0 Å². The molecule has 1 aliphatic heterocycles. The summed E-state index contributed by atoms with van der Waals surface area (Å²) in [5.41, 5.74) is 0. The van der Waals surface area contributed by atoms with E-state index in [1.165, 1.54) is 7.11 Å². The zero-order valence-electron chi connectivity index (χ0n) is 21.0. The Morgan fingerprint density at radius 2 is 1.16 bits per heavy atom. The van der Waals surface area contributed by atoms with Crippen molar-refractivity contribution in [1.82, 2.24) is 9.80 Å². The van der Waals surface area contributed by atoms with Gasteiger partial charge in [-0.25, -0.2) is 14.5 Å². The maximum Gasteiger partial charge on any atom is 0.337 e. The molecule has 9 nitrogen and oxygen atoms in total. The molecule has 4 amide bonds. The van der Waals surface area contributed by atoms with Crippen LogP contribution in [0.4, 0.5) is 4.79 Å². The number of rotatable bonds is 8. The highest BCUT2D eigenvalue weighted by atomic mass is 31.2. The second kappa shape index (κ2) is 10.9. The molecule has 10 heteroatoms. The Bertz CT molecular complexity index is 1300. The monoisotopic (exact) mass is 533 g/mol. The minimum atomic E-state index is -3.28. The largest absolute Gasteiger partial charge is 0.478 e. The molecule has 4 rings (SSSR count). The molecule has 38 heavy (non-hydrogen) atoms. The first-order chi connectivity index (χ1) is 18.3. The molecule has 0 radical (unpaired) electrons. The second-order valence-electron chi connectivity index (χ2n) is 8.32. The van der Waals surface area contributed by atoms with Gasteiger partial charge in [-0.15, -0.1) is 0 Å². The summed E-state index contributed by atoms with van der Waals surface area (Å²) in [6, 6.07) is 24.6. The van der Waals surface area contributed by atoms with Crippen LogP contribution in [0, 0.1) is 0 Å². The highest BCUT2D eigenvalue weighted by molar-refractivity contribution is 7.99. The van der Waals surface area contributed by atoms with Crippen molar-refractivity contribution < 1.29 is 33.8 Å². The van der Waals surface area contributed by atoms with Crippen molar-refractivity contribution in [2.75, 3.05) is 21.3 Å². The van der Waals surface area contributed by atoms with Gasteiger partial charge < -0.3 is 14.6 Å². The van der Waals surface area contributed by atoms with E-state index in [0.29, 0.717) is 25.7 Å². The van der Waals surface area contributed by atoms with Crippen molar-refractivity contribution in [2.24, 2.45) is 0 Å². The maximum absolute atomic E-state index is 13.5. The Morgan fingerprint density at radius 1 is 0.737 bits per heavy atom. The van der Waals surface area contributed by atoms with E-state index in [-0.39, 0.29) is 5.31 Å². The minimum absolute atomic E-state index is 0.0692. The number of urea groups is 1. The van der Waals surface area contributed by atoms with Gasteiger partial charge in [0.1, 0.15) is 15.9 Å². The molecule has 3 aromatic rings. The highest BCUT2D eigenvalue weighted by Crippen LogP contribution is 2.65. The first-order valence-corrected chi connectivity index (χ1v) is 13.4. The Balaban J connectivity index is 2.20. The molecule has 1 fully saturated rings. The first kappa shape index (κ1) is 26.6. The van der Waals surface area contributed by atoms with Gasteiger partial charge in [-0.1, -0.05) is 54.6 Å². The van der Waals surface area contributed by atoms with Gasteiger partial charge in [0.15, 0.2) is 7.26 Å². The fourth-order valence-electron chi connectivity index (χ4n) is 4.63. The molecule has 1 heterocycles. The van der Waals surface area contributed by atoms with E-state index in [4.69, 9.17) is 9.47 Å². The number of nitrogens with zero attached hydrogens (tertiary/aromatic N) is 2. The number of amides is 4. The standard InChI is InChI=1S/C28H25N2O7P/c1-29-24(31)25(32)30(28(29)35)22(26(33)36-2)23(27(34)37-3)38(19-13-7-4-8-14-19,20-15-9-5-10-16-20)21-17-11-6-12-18-21/h4-18,22H,1-3H3/p+1/b27-23-. The number of carbonyl (C=O) groups excluding carboxylic acids is 4. The van der Waals surface area contributed by atoms with Crippen LogP contribution in [0.2, 0.25) is 0 Å². The lowest BCUT2D eigenvalue weighted by atomic mass is 10.2. The van der Waals surface area contributed by atoms with Crippen LogP contribution < -0.4 is 15.9 Å². The van der Waals surface area contributed by atoms with Gasteiger partial charge in [-0.05, 0) is 36.4 Å². The Hall–Kier alpha value is -4.49. The molecule has 1 saturated heterocycles. The summed E-state index contributed by atoms with van der Waals surface area (Å²) in [6.07, 6.45) is 0. The van der Waals surface area contributed by atoms with E-state index in [0.717, 1.165) is 14.2 Å². The van der Waals surface area contributed by atoms with E-state index in [2.05, 4.69) is 0 Å². The molecule has 1 aliphatic rings. The van der Waals surface area contributed by atoms with Crippen molar-refractivity contribution in [1.29, 1.82) is 0 Å². The van der Waals surface area contributed by atoms with Gasteiger partial charge in [0.25, 0.3) is 0 Å². The number of benzene rings is 3. The fraction of sp³-hybridized carbons (Fsp3) is 0.143. The van der Waals surface area contributed by atoms with Crippen LogP contribution in [0.1, 0.15) is 0 Å². The van der Waals surface area contributed by atoms with E-state index in [1.54, 1.807) is 0 Å². The normalized spacial score (nSPS) is 15.3. The van der Waals surface area contributed by atoms with Crippen LogP contribution >= 0.6 is 7.26 Å². The lowest BCUT2D eigenvalue weighted by Gasteiger charge is -2.34. The SMILES string of the molecule is COC(=O)C(/C(=C(\O)OC)[P+](c1ccccc1)(c1ccccc1)c1ccccc1)N1C(=O)C(=O)N(C)C1=O. The number of aliphatic hydroxyl groups excluding tert-OH is 1. The summed E-state index contributed by atoms with van der Waals surface area (Å²) >= 11 is 0. The predicted molar refractivity (Wildman–Crippen MR) is 143 cm³/mol. The minimum Gasteiger partial charge on any atom is -0.478 e. The molecule has 0 spiro atoms. The average molecular weight is 533 g/mol. The maximum atomic E-state index is 13.5. The number of methoxy groups -OCH3 is 2. The third-order valence-electron chi connectivity index (χ3n) is 6.35. The number of likely N-dealkylation sites (N-methyl/N-ethyl adjacent to an activating group) is 1. The van der Waals surface area contributed by atoms with Gasteiger partial charge >= 0.3 is 29.8 Å². The Labute approximate surface area is 220 Å². The lowest BCUT2D eigenvalue weighted by Crippen LogP contribution is -2.51. The average Bonchev–Trinajstić information content (AvgIpc) is 3.16. The summed E-state index contributed by atoms with van der Waals surface area (Å²) in [5, 5.41) is 13.5. The van der Waals surface area contributed by atoms with Crippen molar-refractivity contribution in [3.63, 3.8) is 0 Å². The number of esters is 1. The number of hydrogen-bond acceptors (Lipinski definition) is 7. The zero-order chi connectivity index (χ0) is 27.4. The number of carbonyl (C=O) groups is 4. The third kappa shape index (κ3) is 4.21. The summed E-state index contributed by atoms with van der Waals surface area (Å²) in [5.74, 6) is -4.03. The molecule has 1 atom stereocenters. The fourth-order valence-corrected chi connectivity index (χ4v) is 9.18. The number of imide groups is 2. The molecular formula is C28H26N2O7P+. The molecule has 0 bridgehead atoms. The summed E-state index contributed by atoms with van der Waals surface area (Å²) in [4.78, 5) is 53.5. The second-order valence-corrected chi connectivity index (χ2v) is 11.7. The smallest absolute Gasteiger partial charge is 0.337 e. The summed E-state index contributed by atoms with van der Waals surface area (Å²) in [6.45, 7) is 0. The van der Waals surface area contributed by atoms with Gasteiger partial charge in [0.2, 0.25) is 11.4 Å². The molecule has 1 unspecified atom stereocenters. The third-order valence-corrected chi connectivity index (χ3v) is 10.7. The van der Waals surface area contributed by atoms with Crippen LogP contribution in [0.25, 0.3) is 0 Å². The number of hydrogen-bond donors (Lipinski definition) is 1. The molecule has 1 N–H and O–H groups in total. The molecule has 0 aliphatic carbocycles. The van der Waals surface area contributed by atoms with Gasteiger partial charge in [0, 0.05) is 7.05 Å². The quantitative estimate of drug-likeness (QED) is 0.155. The summed E-state index contributed by atoms with van der Waals surface area (Å²) in [7, 11) is 0.178. The number of ether oxygens (including phenoxy) is 2. The van der Waals surface area contributed by atoms with Gasteiger partial charge in [-0.3, -0.25) is 14.5 Å². The van der Waals surface area contributed by atoms with Crippen LogP contribution in [-0.2, 0) is 23.9 Å². The van der Waals surface area contributed by atoms with Crippen molar-refractivity contribution in [2.45, 2.75) is 6.04 Å². The van der Waals surface area contributed by atoms with Crippen LogP contribution in [0.15, 0.2) is 102 Å². The lowest BCUT2D eigenvalue weighted by molar-refractivity contribution is -0.150. The van der Waals surface area contributed by atoms with E-state index in [9.17, 15) is 24.3 Å². The zero-order valence-corrected chi connectivity index (χ0v) is 21.9. The van der Waals surface area contributed by atoms with Crippen LogP contribution in [0.3, 0.4) is 0 Å². The highest BCUT2D eigenvalue weighted by Gasteiger charge is 2.62. The van der Waals surface area contributed by atoms with Crippen LogP contribution in [-0.4, -0.2) is 66.0 Å². The van der Waals surface area contributed by atoms with Crippen molar-refractivity contribution >= 4 is 47.0 Å². The topological polar surface area (TPSA) is 113 Å². The van der Waals surface area contributed by atoms with Gasteiger partial charge in [0.05, 0.1) is 14.2 Å². The number of aliphatic hydroxyl groups is 1. The molecule has 194 valence electrons. The Kier molecular flexibility index (Phi) is 7.60. The Morgan fingerprint density at radius 3 is 1.47 bits per heavy atom. The first-order valence-electron chi connectivity index (χ1n) is 11.6. The van der Waals surface area contributed by atoms with Crippen molar-refractivity contribution in [3.05, 3.63) is 102 Å². The van der Waals surface area contributed by atoms with E-state index < -0.39 is 43.1 Å². The molecular weight excluding hydrogens is 507 g/mol.